The molecule has 31 heavy (non-hydrogen) atoms. The van der Waals surface area contributed by atoms with Gasteiger partial charge in [-0.2, -0.15) is 15.0 Å². The zero-order chi connectivity index (χ0) is 21.6. The number of thioether (sulfide) groups is 1. The molecule has 8 nitrogen and oxygen atoms in total. The van der Waals surface area contributed by atoms with E-state index in [-0.39, 0.29) is 5.95 Å². The molecule has 4 rings (SSSR count). The van der Waals surface area contributed by atoms with Gasteiger partial charge in [0.1, 0.15) is 5.82 Å². The van der Waals surface area contributed by atoms with E-state index in [0.29, 0.717) is 24.1 Å². The molecule has 2 aromatic carbocycles. The van der Waals surface area contributed by atoms with Crippen LogP contribution in [0.4, 0.5) is 17.6 Å². The highest BCUT2D eigenvalue weighted by molar-refractivity contribution is 7.98. The fourth-order valence-electron chi connectivity index (χ4n) is 3.32. The highest BCUT2D eigenvalue weighted by Gasteiger charge is 2.13. The molecule has 160 valence electrons. The van der Waals surface area contributed by atoms with Crippen molar-refractivity contribution in [1.82, 2.24) is 24.5 Å². The highest BCUT2D eigenvalue weighted by atomic mass is 32.2. The number of rotatable bonds is 9. The zero-order valence-electron chi connectivity index (χ0n) is 17.6. The van der Waals surface area contributed by atoms with Gasteiger partial charge in [0.15, 0.2) is 5.16 Å². The lowest BCUT2D eigenvalue weighted by atomic mass is 10.1. The van der Waals surface area contributed by atoms with Crippen LogP contribution in [0.1, 0.15) is 18.3 Å². The molecule has 0 amide bonds. The molecule has 0 aliphatic carbocycles. The standard InChI is InChI=1S/C22H25N7OS/c1-3-15-8-4-5-9-16(15)24-21-27-19(26-20(23)28-21)14-31-22-25-17-10-6-7-11-18(17)29(22)12-13-30-2/h4-11H,3,12-14H2,1-2H3,(H3,23,24,26,27,28). The second kappa shape index (κ2) is 9.76. The van der Waals surface area contributed by atoms with Crippen LogP contribution in [0.3, 0.4) is 0 Å². The van der Waals surface area contributed by atoms with Gasteiger partial charge in [-0.05, 0) is 30.2 Å². The van der Waals surface area contributed by atoms with Crippen LogP contribution in [0, 0.1) is 0 Å². The topological polar surface area (TPSA) is 104 Å². The Balaban J connectivity index is 1.55. The van der Waals surface area contributed by atoms with Crippen LogP contribution in [-0.4, -0.2) is 38.2 Å². The molecule has 0 radical (unpaired) electrons. The summed E-state index contributed by atoms with van der Waals surface area (Å²) in [6.45, 7) is 3.44. The summed E-state index contributed by atoms with van der Waals surface area (Å²) in [6.07, 6.45) is 0.907. The second-order valence-electron chi connectivity index (χ2n) is 6.89. The second-order valence-corrected chi connectivity index (χ2v) is 7.83. The summed E-state index contributed by atoms with van der Waals surface area (Å²) in [4.78, 5) is 17.9. The van der Waals surface area contributed by atoms with E-state index in [1.807, 2.05) is 36.4 Å². The molecule has 0 fully saturated rings. The van der Waals surface area contributed by atoms with Gasteiger partial charge in [0, 0.05) is 19.3 Å². The third-order valence-electron chi connectivity index (χ3n) is 4.81. The van der Waals surface area contributed by atoms with E-state index in [2.05, 4.69) is 43.9 Å². The lowest BCUT2D eigenvalue weighted by Crippen LogP contribution is -2.08. The number of hydrogen-bond donors (Lipinski definition) is 2. The number of ether oxygens (including phenoxy) is 1. The first-order chi connectivity index (χ1) is 15.2. The minimum absolute atomic E-state index is 0.190. The van der Waals surface area contributed by atoms with Gasteiger partial charge in [-0.1, -0.05) is 49.0 Å². The Hall–Kier alpha value is -3.17. The molecule has 0 spiro atoms. The summed E-state index contributed by atoms with van der Waals surface area (Å²) in [5, 5.41) is 4.17. The quantitative estimate of drug-likeness (QED) is 0.380. The Morgan fingerprint density at radius 2 is 1.84 bits per heavy atom. The third kappa shape index (κ3) is 4.95. The molecule has 9 heteroatoms. The number of hydrogen-bond acceptors (Lipinski definition) is 8. The van der Waals surface area contributed by atoms with Gasteiger partial charge in [-0.15, -0.1) is 0 Å². The fourth-order valence-corrected chi connectivity index (χ4v) is 4.22. The largest absolute Gasteiger partial charge is 0.383 e. The van der Waals surface area contributed by atoms with Crippen LogP contribution in [0.5, 0.6) is 0 Å². The number of aromatic nitrogens is 5. The lowest BCUT2D eigenvalue weighted by molar-refractivity contribution is 0.186. The Morgan fingerprint density at radius 1 is 1.03 bits per heavy atom. The van der Waals surface area contributed by atoms with Crippen molar-refractivity contribution in [3.05, 3.63) is 59.9 Å². The van der Waals surface area contributed by atoms with Crippen molar-refractivity contribution in [3.8, 4) is 0 Å². The first-order valence-corrected chi connectivity index (χ1v) is 11.1. The van der Waals surface area contributed by atoms with Crippen molar-refractivity contribution < 1.29 is 4.74 Å². The van der Waals surface area contributed by atoms with Crippen LogP contribution in [0.15, 0.2) is 53.7 Å². The van der Waals surface area contributed by atoms with Crippen molar-refractivity contribution in [1.29, 1.82) is 0 Å². The van der Waals surface area contributed by atoms with E-state index in [0.717, 1.165) is 34.8 Å². The minimum atomic E-state index is 0.190. The van der Waals surface area contributed by atoms with Crippen LogP contribution in [0.2, 0.25) is 0 Å². The number of methoxy groups -OCH3 is 1. The summed E-state index contributed by atoms with van der Waals surface area (Å²) >= 11 is 1.57. The van der Waals surface area contributed by atoms with E-state index < -0.39 is 0 Å². The first-order valence-electron chi connectivity index (χ1n) is 10.1. The predicted octanol–water partition coefficient (Wildman–Crippen LogP) is 4.05. The maximum Gasteiger partial charge on any atom is 0.232 e. The van der Waals surface area contributed by atoms with Crippen molar-refractivity contribution in [2.75, 3.05) is 24.8 Å². The molecule has 0 saturated heterocycles. The molecule has 4 aromatic rings. The Morgan fingerprint density at radius 3 is 2.68 bits per heavy atom. The van der Waals surface area contributed by atoms with Crippen LogP contribution in [0.25, 0.3) is 11.0 Å². The first kappa shape index (κ1) is 21.1. The number of benzene rings is 2. The van der Waals surface area contributed by atoms with Crippen molar-refractivity contribution in [2.45, 2.75) is 30.8 Å². The van der Waals surface area contributed by atoms with Crippen LogP contribution >= 0.6 is 11.8 Å². The van der Waals surface area contributed by atoms with Gasteiger partial charge < -0.3 is 20.4 Å². The van der Waals surface area contributed by atoms with E-state index in [9.17, 15) is 0 Å². The van der Waals surface area contributed by atoms with Gasteiger partial charge >= 0.3 is 0 Å². The van der Waals surface area contributed by atoms with Gasteiger partial charge in [0.05, 0.1) is 23.4 Å². The van der Waals surface area contributed by atoms with Crippen LogP contribution in [-0.2, 0) is 23.5 Å². The number of para-hydroxylation sites is 3. The molecular formula is C22H25N7OS. The van der Waals surface area contributed by atoms with Crippen molar-refractivity contribution in [3.63, 3.8) is 0 Å². The Kier molecular flexibility index (Phi) is 6.63. The van der Waals surface area contributed by atoms with Crippen LogP contribution < -0.4 is 11.1 Å². The van der Waals surface area contributed by atoms with E-state index >= 15 is 0 Å². The number of fused-ring (bicyclic) bond motifs is 1. The molecule has 2 aromatic heterocycles. The number of nitrogens with one attached hydrogen (secondary N) is 1. The number of nitrogens with zero attached hydrogens (tertiary/aromatic N) is 5. The molecule has 0 bridgehead atoms. The number of nitrogens with two attached hydrogens (primary N) is 1. The summed E-state index contributed by atoms with van der Waals surface area (Å²) in [7, 11) is 1.70. The maximum absolute atomic E-state index is 5.96. The average Bonchev–Trinajstić information content (AvgIpc) is 3.13. The molecule has 3 N–H and O–H groups in total. The summed E-state index contributed by atoms with van der Waals surface area (Å²) in [5.74, 6) is 1.75. The van der Waals surface area contributed by atoms with Gasteiger partial charge in [0.2, 0.25) is 11.9 Å². The summed E-state index contributed by atoms with van der Waals surface area (Å²) < 4.78 is 7.43. The number of anilines is 3. The van der Waals surface area contributed by atoms with Crippen molar-refractivity contribution in [2.24, 2.45) is 0 Å². The van der Waals surface area contributed by atoms with Crippen molar-refractivity contribution >= 4 is 40.4 Å². The molecule has 2 heterocycles. The lowest BCUT2D eigenvalue weighted by Gasteiger charge is -2.11. The SMILES string of the molecule is CCc1ccccc1Nc1nc(N)nc(CSc2nc3ccccc3n2CCOC)n1. The van der Waals surface area contributed by atoms with E-state index in [4.69, 9.17) is 15.5 Å². The molecule has 0 aliphatic heterocycles. The van der Waals surface area contributed by atoms with Gasteiger partial charge in [-0.25, -0.2) is 4.98 Å². The smallest absolute Gasteiger partial charge is 0.232 e. The molecular weight excluding hydrogens is 410 g/mol. The van der Waals surface area contributed by atoms with E-state index in [1.54, 1.807) is 18.9 Å². The van der Waals surface area contributed by atoms with Gasteiger partial charge in [0.25, 0.3) is 0 Å². The molecule has 0 unspecified atom stereocenters. The number of nitrogen functional groups attached to an aromatic ring is 1. The Bertz CT molecular complexity index is 1180. The normalized spacial score (nSPS) is 11.2. The maximum atomic E-state index is 5.96. The summed E-state index contributed by atoms with van der Waals surface area (Å²) in [6, 6.07) is 16.2. The van der Waals surface area contributed by atoms with Gasteiger partial charge in [-0.3, -0.25) is 0 Å². The van der Waals surface area contributed by atoms with E-state index in [1.165, 1.54) is 5.56 Å². The molecule has 0 aliphatic rings. The fraction of sp³-hybridized carbons (Fsp3) is 0.273. The molecule has 0 atom stereocenters. The summed E-state index contributed by atoms with van der Waals surface area (Å²) in [5.41, 5.74) is 10.1. The highest BCUT2D eigenvalue weighted by Crippen LogP contribution is 2.27. The zero-order valence-corrected chi connectivity index (χ0v) is 18.4. The Labute approximate surface area is 185 Å². The number of aryl methyl sites for hydroxylation is 1. The third-order valence-corrected chi connectivity index (χ3v) is 5.79. The predicted molar refractivity (Wildman–Crippen MR) is 125 cm³/mol. The number of imidazole rings is 1. The molecule has 0 saturated carbocycles. The minimum Gasteiger partial charge on any atom is -0.383 e. The monoisotopic (exact) mass is 435 g/mol. The average molecular weight is 436 g/mol.